The van der Waals surface area contributed by atoms with Crippen LogP contribution in [0.1, 0.15) is 24.5 Å². The van der Waals surface area contributed by atoms with Gasteiger partial charge in [-0.05, 0) is 55.2 Å². The Balaban J connectivity index is 0.000000547. The molecule has 3 aromatic rings. The van der Waals surface area contributed by atoms with E-state index < -0.39 is 0 Å². The van der Waals surface area contributed by atoms with Gasteiger partial charge in [-0.2, -0.15) is 5.10 Å². The Morgan fingerprint density at radius 3 is 2.25 bits per heavy atom. The molecule has 6 heteroatoms. The van der Waals surface area contributed by atoms with Crippen molar-refractivity contribution in [3.63, 3.8) is 0 Å². The van der Waals surface area contributed by atoms with Gasteiger partial charge in [0.05, 0.1) is 11.4 Å². The smallest absolute Gasteiger partial charge is 0.204 e. The van der Waals surface area contributed by atoms with Gasteiger partial charge in [-0.1, -0.05) is 66.2 Å². The zero-order valence-electron chi connectivity index (χ0n) is 17.9. The lowest BCUT2D eigenvalue weighted by molar-refractivity contribution is -0.107. The molecule has 0 radical (unpaired) electrons. The highest BCUT2D eigenvalue weighted by molar-refractivity contribution is 6.33. The van der Waals surface area contributed by atoms with Gasteiger partial charge in [0, 0.05) is 22.9 Å². The van der Waals surface area contributed by atoms with Crippen LogP contribution in [-0.4, -0.2) is 19.4 Å². The summed E-state index contributed by atoms with van der Waals surface area (Å²) in [6.45, 7) is 5.24. The van der Waals surface area contributed by atoms with Crippen molar-refractivity contribution in [3.05, 3.63) is 95.0 Å². The average Bonchev–Trinajstić information content (AvgIpc) is 2.82. The number of para-hydroxylation sites is 1. The second-order valence-electron chi connectivity index (χ2n) is 6.64. The molecule has 32 heavy (non-hydrogen) atoms. The Morgan fingerprint density at radius 2 is 1.62 bits per heavy atom. The van der Waals surface area contributed by atoms with Crippen LogP contribution in [0.2, 0.25) is 5.02 Å². The minimum absolute atomic E-state index is 0.250. The van der Waals surface area contributed by atoms with E-state index in [2.05, 4.69) is 47.9 Å². The molecule has 0 unspecified atom stereocenters. The third kappa shape index (κ3) is 6.15. The van der Waals surface area contributed by atoms with Crippen molar-refractivity contribution < 1.29 is 9.59 Å². The zero-order valence-corrected chi connectivity index (χ0v) is 18.7. The number of aldehydes is 1. The fourth-order valence-electron chi connectivity index (χ4n) is 3.44. The fraction of sp³-hybridized carbons (Fsp3) is 0.115. The largest absolute Gasteiger partial charge is 0.372 e. The number of nitrogens with zero attached hydrogens (tertiary/aromatic N) is 2. The summed E-state index contributed by atoms with van der Waals surface area (Å²) in [5.41, 5.74) is 10.9. The molecule has 5 nitrogen and oxygen atoms in total. The van der Waals surface area contributed by atoms with Gasteiger partial charge in [0.1, 0.15) is 6.29 Å². The molecule has 0 spiro atoms. The molecule has 4 rings (SSSR count). The first-order valence-electron chi connectivity index (χ1n) is 10.1. The highest BCUT2D eigenvalue weighted by atomic mass is 35.5. The summed E-state index contributed by atoms with van der Waals surface area (Å²) in [5.74, 6) is 0. The average molecular weight is 448 g/mol. The molecule has 0 fully saturated rings. The van der Waals surface area contributed by atoms with E-state index in [1.807, 2.05) is 53.5 Å². The number of hydrogen-bond acceptors (Lipinski definition) is 4. The van der Waals surface area contributed by atoms with Crippen LogP contribution in [0.4, 0.5) is 5.69 Å². The van der Waals surface area contributed by atoms with Crippen LogP contribution >= 0.6 is 11.6 Å². The van der Waals surface area contributed by atoms with E-state index in [0.29, 0.717) is 0 Å². The minimum atomic E-state index is 0.250. The normalized spacial score (nSPS) is 11.2. The highest BCUT2D eigenvalue weighted by Crippen LogP contribution is 2.36. The number of allylic oxidation sites excluding steroid dienone is 1. The van der Waals surface area contributed by atoms with Crippen molar-refractivity contribution in [2.24, 2.45) is 10.8 Å². The van der Waals surface area contributed by atoms with Crippen LogP contribution in [0.3, 0.4) is 0 Å². The topological polar surface area (TPSA) is 75.8 Å². The number of benzene rings is 3. The number of rotatable bonds is 4. The lowest BCUT2D eigenvalue weighted by Crippen LogP contribution is -2.17. The van der Waals surface area contributed by atoms with Crippen LogP contribution < -0.4 is 10.7 Å². The molecule has 0 aliphatic heterocycles. The van der Waals surface area contributed by atoms with Gasteiger partial charge < -0.3 is 10.5 Å². The first kappa shape index (κ1) is 24.6. The van der Waals surface area contributed by atoms with E-state index in [9.17, 15) is 0 Å². The zero-order chi connectivity index (χ0) is 23.3. The summed E-state index contributed by atoms with van der Waals surface area (Å²) >= 11 is 6.41. The molecular weight excluding hydrogens is 422 g/mol. The quantitative estimate of drug-likeness (QED) is 0.315. The second-order valence-corrected chi connectivity index (χ2v) is 7.05. The monoisotopic (exact) mass is 447 g/mol. The van der Waals surface area contributed by atoms with Gasteiger partial charge in [0.25, 0.3) is 0 Å². The summed E-state index contributed by atoms with van der Waals surface area (Å²) in [4.78, 5) is 17.4. The SMILES string of the molecule is C=NN(C1=CCCc2ccc(-c3ccccc3Cl)cc21)c1ccccc1.CC=O.NC=O. The molecule has 0 atom stereocenters. The molecule has 0 heterocycles. The molecule has 0 bridgehead atoms. The minimum Gasteiger partial charge on any atom is -0.372 e. The molecule has 0 saturated heterocycles. The first-order valence-corrected chi connectivity index (χ1v) is 10.4. The number of fused-ring (bicyclic) bond motifs is 1. The molecule has 2 N–H and O–H groups in total. The Hall–Kier alpha value is -3.70. The van der Waals surface area contributed by atoms with Crippen LogP contribution in [0.5, 0.6) is 0 Å². The van der Waals surface area contributed by atoms with Crippen molar-refractivity contribution in [2.75, 3.05) is 5.01 Å². The molecular formula is C26H26ClN3O2. The van der Waals surface area contributed by atoms with Gasteiger partial charge in [0.2, 0.25) is 6.41 Å². The van der Waals surface area contributed by atoms with E-state index >= 15 is 0 Å². The summed E-state index contributed by atoms with van der Waals surface area (Å²) in [6.07, 6.45) is 5.26. The van der Waals surface area contributed by atoms with Crippen molar-refractivity contribution in [2.45, 2.75) is 19.8 Å². The van der Waals surface area contributed by atoms with E-state index in [0.717, 1.165) is 46.7 Å². The summed E-state index contributed by atoms with van der Waals surface area (Å²) < 4.78 is 0. The number of carbonyl (C=O) groups is 2. The van der Waals surface area contributed by atoms with E-state index in [-0.39, 0.29) is 6.41 Å². The fourth-order valence-corrected chi connectivity index (χ4v) is 3.68. The maximum absolute atomic E-state index is 8.81. The maximum Gasteiger partial charge on any atom is 0.204 e. The van der Waals surface area contributed by atoms with Crippen molar-refractivity contribution in [3.8, 4) is 11.1 Å². The van der Waals surface area contributed by atoms with Crippen LogP contribution in [0.25, 0.3) is 16.8 Å². The van der Waals surface area contributed by atoms with Crippen molar-refractivity contribution in [1.82, 2.24) is 0 Å². The number of anilines is 1. The van der Waals surface area contributed by atoms with Gasteiger partial charge in [-0.3, -0.25) is 4.79 Å². The molecule has 1 aliphatic rings. The Labute approximate surface area is 193 Å². The number of primary amides is 1. The molecule has 1 amide bonds. The van der Waals surface area contributed by atoms with E-state index in [1.54, 1.807) is 0 Å². The number of hydrazone groups is 1. The number of halogens is 1. The molecule has 0 saturated carbocycles. The molecule has 0 aromatic heterocycles. The molecule has 164 valence electrons. The molecule has 1 aliphatic carbocycles. The molecule has 3 aromatic carbocycles. The predicted molar refractivity (Wildman–Crippen MR) is 134 cm³/mol. The number of aryl methyl sites for hydroxylation is 1. The number of nitrogens with two attached hydrogens (primary N) is 1. The third-order valence-electron chi connectivity index (χ3n) is 4.69. The highest BCUT2D eigenvalue weighted by Gasteiger charge is 2.20. The lowest BCUT2D eigenvalue weighted by Gasteiger charge is -2.27. The maximum atomic E-state index is 8.81. The Bertz CT molecular complexity index is 1080. The van der Waals surface area contributed by atoms with Crippen LogP contribution in [0, 0.1) is 0 Å². The summed E-state index contributed by atoms with van der Waals surface area (Å²) in [7, 11) is 0. The standard InChI is InChI=1S/C23H19ClN2.C2H4O.CH3NO/c1-25-26(19-9-3-2-4-10-19)23-13-7-8-17-14-15-18(16-21(17)23)20-11-5-6-12-22(20)24;1-2-3;2-1-3/h2-6,9-16H,1,7-8H2;2H,1H3;1H,(H2,2,3). The Morgan fingerprint density at radius 1 is 1.00 bits per heavy atom. The van der Waals surface area contributed by atoms with E-state index in [1.165, 1.54) is 18.1 Å². The van der Waals surface area contributed by atoms with Gasteiger partial charge in [-0.15, -0.1) is 0 Å². The Kier molecular flexibility index (Phi) is 9.88. The summed E-state index contributed by atoms with van der Waals surface area (Å²) in [6, 6.07) is 24.6. The predicted octanol–water partition coefficient (Wildman–Crippen LogP) is 5.72. The van der Waals surface area contributed by atoms with E-state index in [4.69, 9.17) is 21.2 Å². The van der Waals surface area contributed by atoms with Crippen LogP contribution in [0.15, 0.2) is 84.0 Å². The first-order chi connectivity index (χ1) is 15.6. The number of hydrogen-bond donors (Lipinski definition) is 1. The van der Waals surface area contributed by atoms with Gasteiger partial charge in [0.15, 0.2) is 0 Å². The van der Waals surface area contributed by atoms with Crippen LogP contribution in [-0.2, 0) is 16.0 Å². The second kappa shape index (κ2) is 12.9. The van der Waals surface area contributed by atoms with Gasteiger partial charge in [-0.25, -0.2) is 5.01 Å². The van der Waals surface area contributed by atoms with Crippen molar-refractivity contribution in [1.29, 1.82) is 0 Å². The lowest BCUT2D eigenvalue weighted by atomic mass is 9.91. The summed E-state index contributed by atoms with van der Waals surface area (Å²) in [5, 5.41) is 6.96. The van der Waals surface area contributed by atoms with Gasteiger partial charge >= 0.3 is 0 Å². The number of carbonyl (C=O) groups excluding carboxylic acids is 2. The van der Waals surface area contributed by atoms with Crippen molar-refractivity contribution >= 4 is 42.4 Å². The third-order valence-corrected chi connectivity index (χ3v) is 5.02. The number of amides is 1.